The lowest BCUT2D eigenvalue weighted by atomic mass is 9.94. The van der Waals surface area contributed by atoms with E-state index in [0.717, 1.165) is 12.8 Å². The second-order valence-electron chi connectivity index (χ2n) is 4.38. The van der Waals surface area contributed by atoms with E-state index in [9.17, 15) is 9.90 Å². The predicted octanol–water partition coefficient (Wildman–Crippen LogP) is 0.491. The summed E-state index contributed by atoms with van der Waals surface area (Å²) in [4.78, 5) is 11.3. The van der Waals surface area contributed by atoms with Gasteiger partial charge in [-0.3, -0.25) is 4.79 Å². The molecule has 2 atom stereocenters. The summed E-state index contributed by atoms with van der Waals surface area (Å²) in [6.07, 6.45) is 1.82. The van der Waals surface area contributed by atoms with E-state index in [2.05, 4.69) is 5.32 Å². The van der Waals surface area contributed by atoms with Gasteiger partial charge in [0, 0.05) is 7.11 Å². The molecule has 0 radical (unpaired) electrons. The maximum atomic E-state index is 11.3. The van der Waals surface area contributed by atoms with Gasteiger partial charge in [0.05, 0.1) is 19.3 Å². The zero-order valence-corrected chi connectivity index (χ0v) is 10.2. The highest BCUT2D eigenvalue weighted by atomic mass is 16.5. The fourth-order valence-electron chi connectivity index (χ4n) is 1.87. The van der Waals surface area contributed by atoms with Gasteiger partial charge in [0.25, 0.3) is 0 Å². The SMILES string of the molecule is CNC(COC(C)COC)(C(=O)O)C1CC1. The molecule has 0 aromatic carbocycles. The van der Waals surface area contributed by atoms with Crippen LogP contribution in [0.5, 0.6) is 0 Å². The largest absolute Gasteiger partial charge is 0.480 e. The van der Waals surface area contributed by atoms with Crippen LogP contribution in [0.1, 0.15) is 19.8 Å². The summed E-state index contributed by atoms with van der Waals surface area (Å²) in [6, 6.07) is 0. The molecule has 94 valence electrons. The van der Waals surface area contributed by atoms with Crippen LogP contribution in [0.15, 0.2) is 0 Å². The van der Waals surface area contributed by atoms with Crippen molar-refractivity contribution >= 4 is 5.97 Å². The Bertz CT molecular complexity index is 242. The van der Waals surface area contributed by atoms with Gasteiger partial charge < -0.3 is 19.9 Å². The third-order valence-corrected chi connectivity index (χ3v) is 3.10. The monoisotopic (exact) mass is 231 g/mol. The number of carboxylic acids is 1. The maximum absolute atomic E-state index is 11.3. The highest BCUT2D eigenvalue weighted by Crippen LogP contribution is 2.40. The molecule has 0 saturated heterocycles. The summed E-state index contributed by atoms with van der Waals surface area (Å²) >= 11 is 0. The molecule has 2 unspecified atom stereocenters. The van der Waals surface area contributed by atoms with Crippen LogP contribution in [0.25, 0.3) is 0 Å². The lowest BCUT2D eigenvalue weighted by Crippen LogP contribution is -2.56. The Balaban J connectivity index is 2.53. The van der Waals surface area contributed by atoms with Crippen LogP contribution in [0.4, 0.5) is 0 Å². The molecule has 2 N–H and O–H groups in total. The zero-order chi connectivity index (χ0) is 12.2. The molecule has 5 heteroatoms. The van der Waals surface area contributed by atoms with Gasteiger partial charge in [-0.1, -0.05) is 0 Å². The van der Waals surface area contributed by atoms with Gasteiger partial charge >= 0.3 is 5.97 Å². The molecule has 0 aromatic heterocycles. The van der Waals surface area contributed by atoms with Gasteiger partial charge in [0.15, 0.2) is 0 Å². The summed E-state index contributed by atoms with van der Waals surface area (Å²) in [7, 11) is 3.28. The molecule has 0 bridgehead atoms. The van der Waals surface area contributed by atoms with Crippen molar-refractivity contribution < 1.29 is 19.4 Å². The normalized spacial score (nSPS) is 21.4. The predicted molar refractivity (Wildman–Crippen MR) is 59.4 cm³/mol. The van der Waals surface area contributed by atoms with Crippen molar-refractivity contribution in [2.24, 2.45) is 5.92 Å². The molecule has 16 heavy (non-hydrogen) atoms. The number of nitrogens with one attached hydrogen (secondary N) is 1. The number of hydrogen-bond donors (Lipinski definition) is 2. The Labute approximate surface area is 96.1 Å². The highest BCUT2D eigenvalue weighted by molar-refractivity contribution is 5.80. The second kappa shape index (κ2) is 5.61. The lowest BCUT2D eigenvalue weighted by Gasteiger charge is -2.30. The smallest absolute Gasteiger partial charge is 0.326 e. The van der Waals surface area contributed by atoms with Crippen molar-refractivity contribution in [3.05, 3.63) is 0 Å². The van der Waals surface area contributed by atoms with Gasteiger partial charge in [0.2, 0.25) is 0 Å². The molecule has 1 fully saturated rings. The van der Waals surface area contributed by atoms with Crippen molar-refractivity contribution in [2.75, 3.05) is 27.4 Å². The van der Waals surface area contributed by atoms with E-state index in [1.54, 1.807) is 14.2 Å². The highest BCUT2D eigenvalue weighted by Gasteiger charge is 2.50. The number of carboxylic acid groups (broad SMARTS) is 1. The van der Waals surface area contributed by atoms with Gasteiger partial charge in [-0.05, 0) is 32.7 Å². The summed E-state index contributed by atoms with van der Waals surface area (Å²) < 4.78 is 10.5. The first kappa shape index (κ1) is 13.4. The van der Waals surface area contributed by atoms with Gasteiger partial charge in [-0.15, -0.1) is 0 Å². The van der Waals surface area contributed by atoms with E-state index in [1.165, 1.54) is 0 Å². The number of methoxy groups -OCH3 is 1. The molecule has 1 saturated carbocycles. The minimum absolute atomic E-state index is 0.0872. The molecular formula is C11H21NO4. The Kier molecular flexibility index (Phi) is 4.70. The molecule has 1 rings (SSSR count). The fraction of sp³-hybridized carbons (Fsp3) is 0.909. The summed E-state index contributed by atoms with van der Waals surface area (Å²) in [6.45, 7) is 2.54. The average Bonchev–Trinajstić information content (AvgIpc) is 3.04. The molecule has 5 nitrogen and oxygen atoms in total. The van der Waals surface area contributed by atoms with Crippen LogP contribution < -0.4 is 5.32 Å². The van der Waals surface area contributed by atoms with Gasteiger partial charge in [-0.2, -0.15) is 0 Å². The number of likely N-dealkylation sites (N-methyl/N-ethyl adjacent to an activating group) is 1. The number of ether oxygens (including phenoxy) is 2. The molecule has 0 spiro atoms. The number of aliphatic carboxylic acids is 1. The van der Waals surface area contributed by atoms with E-state index < -0.39 is 11.5 Å². The quantitative estimate of drug-likeness (QED) is 0.636. The van der Waals surface area contributed by atoms with Crippen LogP contribution in [0, 0.1) is 5.92 Å². The molecule has 0 heterocycles. The minimum Gasteiger partial charge on any atom is -0.480 e. The average molecular weight is 231 g/mol. The summed E-state index contributed by atoms with van der Waals surface area (Å²) in [5.41, 5.74) is -0.929. The van der Waals surface area contributed by atoms with E-state index in [0.29, 0.717) is 6.61 Å². The van der Waals surface area contributed by atoms with Crippen LogP contribution in [-0.4, -0.2) is 50.1 Å². The first-order chi connectivity index (χ1) is 7.56. The van der Waals surface area contributed by atoms with Crippen LogP contribution in [0.3, 0.4) is 0 Å². The topological polar surface area (TPSA) is 67.8 Å². The van der Waals surface area contributed by atoms with Crippen molar-refractivity contribution in [3.8, 4) is 0 Å². The van der Waals surface area contributed by atoms with Crippen LogP contribution in [0.2, 0.25) is 0 Å². The molecule has 0 aromatic rings. The van der Waals surface area contributed by atoms with Gasteiger partial charge in [-0.25, -0.2) is 0 Å². The second-order valence-corrected chi connectivity index (χ2v) is 4.38. The molecule has 1 aliphatic rings. The van der Waals surface area contributed by atoms with Crippen LogP contribution >= 0.6 is 0 Å². The van der Waals surface area contributed by atoms with Crippen molar-refractivity contribution in [3.63, 3.8) is 0 Å². The van der Waals surface area contributed by atoms with E-state index in [1.807, 2.05) is 6.92 Å². The first-order valence-corrected chi connectivity index (χ1v) is 5.59. The molecular weight excluding hydrogens is 210 g/mol. The Hall–Kier alpha value is -0.650. The van der Waals surface area contributed by atoms with Gasteiger partial charge in [0.1, 0.15) is 5.54 Å². The summed E-state index contributed by atoms with van der Waals surface area (Å²) in [5, 5.41) is 12.2. The molecule has 0 amide bonds. The number of hydrogen-bond acceptors (Lipinski definition) is 4. The lowest BCUT2D eigenvalue weighted by molar-refractivity contribution is -0.150. The third-order valence-electron chi connectivity index (χ3n) is 3.10. The standard InChI is InChI=1S/C11H21NO4/c1-8(6-15-3)16-7-11(12-2,10(13)14)9-4-5-9/h8-9,12H,4-7H2,1-3H3,(H,13,14). The first-order valence-electron chi connectivity index (χ1n) is 5.59. The number of rotatable bonds is 8. The Morgan fingerprint density at radius 3 is 2.62 bits per heavy atom. The minimum atomic E-state index is -0.929. The Morgan fingerprint density at radius 2 is 2.25 bits per heavy atom. The fourth-order valence-corrected chi connectivity index (χ4v) is 1.87. The molecule has 1 aliphatic carbocycles. The van der Waals surface area contributed by atoms with E-state index >= 15 is 0 Å². The van der Waals surface area contributed by atoms with E-state index in [4.69, 9.17) is 9.47 Å². The summed E-state index contributed by atoms with van der Waals surface area (Å²) in [5.74, 6) is -0.646. The number of carbonyl (C=O) groups is 1. The van der Waals surface area contributed by atoms with Crippen LogP contribution in [-0.2, 0) is 14.3 Å². The zero-order valence-electron chi connectivity index (χ0n) is 10.2. The van der Waals surface area contributed by atoms with Crippen molar-refractivity contribution in [1.82, 2.24) is 5.32 Å². The van der Waals surface area contributed by atoms with Crippen molar-refractivity contribution in [1.29, 1.82) is 0 Å². The Morgan fingerprint density at radius 1 is 1.62 bits per heavy atom. The third kappa shape index (κ3) is 2.93. The maximum Gasteiger partial charge on any atom is 0.326 e. The molecule has 0 aliphatic heterocycles. The van der Waals surface area contributed by atoms with Crippen molar-refractivity contribution in [2.45, 2.75) is 31.4 Å². The van der Waals surface area contributed by atoms with E-state index in [-0.39, 0.29) is 18.6 Å².